The summed E-state index contributed by atoms with van der Waals surface area (Å²) in [6.07, 6.45) is 1.19. The van der Waals surface area contributed by atoms with E-state index in [0.717, 1.165) is 18.2 Å². The summed E-state index contributed by atoms with van der Waals surface area (Å²) in [6, 6.07) is 15.5. The van der Waals surface area contributed by atoms with Crippen LogP contribution < -0.4 is 73.9 Å². The number of benzene rings is 4. The number of amides is 1. The Morgan fingerprint density at radius 1 is 0.875 bits per heavy atom. The van der Waals surface area contributed by atoms with Crippen molar-refractivity contribution in [1.29, 1.82) is 0 Å². The van der Waals surface area contributed by atoms with Gasteiger partial charge in [0.25, 0.3) is 0 Å². The van der Waals surface area contributed by atoms with Gasteiger partial charge >= 0.3 is 59.1 Å². The molecule has 56 heavy (non-hydrogen) atoms. The summed E-state index contributed by atoms with van der Waals surface area (Å²) < 4.78 is 98.9. The molecule has 0 aliphatic rings. The van der Waals surface area contributed by atoms with Gasteiger partial charge in [-0.2, -0.15) is 5.10 Å². The monoisotopic (exact) mass is 824 g/mol. The molecule has 5 rings (SSSR count). The van der Waals surface area contributed by atoms with Crippen molar-refractivity contribution in [3.05, 3.63) is 83.4 Å². The second kappa shape index (κ2) is 20.5. The Hall–Kier alpha value is -3.86. The number of ether oxygens (including phenoxy) is 4. The fraction of sp³-hybridized carbons (Fsp3) is 0.206. The minimum atomic E-state index is -5.59. The predicted octanol–water partition coefficient (Wildman–Crippen LogP) is -1.55. The van der Waals surface area contributed by atoms with E-state index in [1.54, 1.807) is 30.3 Å². The molecule has 0 saturated carbocycles. The van der Waals surface area contributed by atoms with Crippen molar-refractivity contribution in [2.45, 2.75) is 9.79 Å². The molecule has 0 atom stereocenters. The van der Waals surface area contributed by atoms with Gasteiger partial charge in [0, 0.05) is 44.5 Å². The number of phenolic OH excluding ortho intramolecular Hbond substituents is 1. The number of carbonyl (C=O) groups is 1. The van der Waals surface area contributed by atoms with Crippen LogP contribution in [-0.2, 0) is 34.5 Å². The summed E-state index contributed by atoms with van der Waals surface area (Å²) in [5.41, 5.74) is 8.07. The van der Waals surface area contributed by atoms with E-state index in [-0.39, 0.29) is 119 Å². The Bertz CT molecular complexity index is 2500. The summed E-state index contributed by atoms with van der Waals surface area (Å²) >= 11 is 0. The fourth-order valence-electron chi connectivity index (χ4n) is 5.64. The van der Waals surface area contributed by atoms with Crippen LogP contribution in [0.5, 0.6) is 17.2 Å². The van der Waals surface area contributed by atoms with E-state index >= 15 is 0 Å². The van der Waals surface area contributed by atoms with Gasteiger partial charge in [0.2, 0.25) is 5.91 Å². The van der Waals surface area contributed by atoms with Crippen LogP contribution in [0.4, 0.5) is 5.69 Å². The van der Waals surface area contributed by atoms with E-state index in [4.69, 9.17) is 24.5 Å². The van der Waals surface area contributed by atoms with Gasteiger partial charge in [0.1, 0.15) is 44.0 Å². The summed E-state index contributed by atoms with van der Waals surface area (Å²) in [7, 11) is -8.39. The number of anilines is 1. The van der Waals surface area contributed by atoms with E-state index in [1.807, 2.05) is 0 Å². The smallest absolute Gasteiger partial charge is 0.744 e. The quantitative estimate of drug-likeness (QED) is 0.0285. The van der Waals surface area contributed by atoms with Crippen molar-refractivity contribution >= 4 is 42.6 Å². The molecule has 5 aromatic rings. The van der Waals surface area contributed by atoms with Crippen molar-refractivity contribution < 1.29 is 114 Å². The SMILES string of the molecule is COc1cccc(-c2ccc(-c3ccnnc3-c3c(S(=O)(=O)[O-])cc4c(O)cccc4c3S(=O)(=O)[O-])c(OC)c2NC(=O)COCCOCCN=[N+]=[N-])c1.[Na+].[Na+]. The second-order valence-corrected chi connectivity index (χ2v) is 13.8. The first kappa shape index (κ1) is 46.5. The van der Waals surface area contributed by atoms with Crippen LogP contribution in [0.1, 0.15) is 0 Å². The van der Waals surface area contributed by atoms with Gasteiger partial charge in [-0.05, 0) is 47.5 Å². The van der Waals surface area contributed by atoms with E-state index in [2.05, 4.69) is 25.5 Å². The zero-order chi connectivity index (χ0) is 39.0. The number of rotatable bonds is 16. The van der Waals surface area contributed by atoms with E-state index < -0.39 is 59.5 Å². The van der Waals surface area contributed by atoms with Crippen molar-refractivity contribution in [3.8, 4) is 50.8 Å². The zero-order valence-electron chi connectivity index (χ0n) is 30.5. The molecule has 0 saturated heterocycles. The number of fused-ring (bicyclic) bond motifs is 1. The molecule has 0 aliphatic carbocycles. The van der Waals surface area contributed by atoms with E-state index in [9.17, 15) is 35.8 Å². The van der Waals surface area contributed by atoms with Crippen LogP contribution in [0.25, 0.3) is 54.7 Å². The van der Waals surface area contributed by atoms with Crippen LogP contribution in [0.2, 0.25) is 0 Å². The van der Waals surface area contributed by atoms with Gasteiger partial charge in [-0.25, -0.2) is 16.8 Å². The maximum Gasteiger partial charge on any atom is 1.00 e. The number of nitrogens with zero attached hydrogens (tertiary/aromatic N) is 5. The Balaban J connectivity index is 0.00000420. The van der Waals surface area contributed by atoms with Crippen LogP contribution in [0, 0.1) is 0 Å². The van der Waals surface area contributed by atoms with E-state index in [0.29, 0.717) is 16.9 Å². The third kappa shape index (κ3) is 10.7. The minimum absolute atomic E-state index is 0. The van der Waals surface area contributed by atoms with Gasteiger partial charge in [0.05, 0.1) is 55.7 Å². The topological polar surface area (TPSA) is 275 Å². The minimum Gasteiger partial charge on any atom is -0.744 e. The Kier molecular flexibility index (Phi) is 17.1. The first-order valence-electron chi connectivity index (χ1n) is 15.6. The Morgan fingerprint density at radius 2 is 1.59 bits per heavy atom. The molecular weight excluding hydrogens is 795 g/mol. The zero-order valence-corrected chi connectivity index (χ0v) is 36.1. The number of hydrogen-bond acceptors (Lipinski definition) is 15. The third-order valence-corrected chi connectivity index (χ3v) is 9.64. The molecule has 2 N–H and O–H groups in total. The molecule has 1 aromatic heterocycles. The van der Waals surface area contributed by atoms with Gasteiger partial charge in [-0.15, -0.1) is 5.10 Å². The van der Waals surface area contributed by atoms with Gasteiger partial charge < -0.3 is 38.5 Å². The average Bonchev–Trinajstić information content (AvgIpc) is 3.14. The van der Waals surface area contributed by atoms with Crippen molar-refractivity contribution in [2.75, 3.05) is 52.5 Å². The molecule has 1 amide bonds. The molecule has 0 aliphatic heterocycles. The number of carbonyl (C=O) groups excluding carboxylic acids is 1. The molecule has 1 heterocycles. The second-order valence-electron chi connectivity index (χ2n) is 11.1. The first-order valence-corrected chi connectivity index (χ1v) is 18.5. The van der Waals surface area contributed by atoms with Gasteiger partial charge in [-0.1, -0.05) is 35.4 Å². The number of aromatic nitrogens is 2. The molecule has 0 fully saturated rings. The largest absolute Gasteiger partial charge is 1.00 e. The Morgan fingerprint density at radius 3 is 2.27 bits per heavy atom. The van der Waals surface area contributed by atoms with Gasteiger partial charge in [0.15, 0.2) is 5.75 Å². The van der Waals surface area contributed by atoms with Crippen molar-refractivity contribution in [3.63, 3.8) is 0 Å². The number of nitrogens with one attached hydrogen (secondary N) is 1. The molecular formula is C34H30N6Na2O12S2. The molecule has 0 unspecified atom stereocenters. The standard InChI is InChI=1S/C34H32N6O12S2.2Na/c1-49-21-6-3-5-20(17-21)22-9-10-24(33(50-2)32(22)38-29(42)19-52-16-15-51-14-13-37-40-35)23-11-12-36-39-31(23)30-28(53(43,44)45)18-26-25(7-4-8-27(26)41)34(30)54(46,47)48;;/h3-12,17-18,41H,13-16,19H2,1-2H3,(H,38,42)(H,43,44,45)(H,46,47,48);;/q;2*+1/p-2. The number of hydrogen-bond donors (Lipinski definition) is 2. The molecule has 18 nitrogen and oxygen atoms in total. The normalized spacial score (nSPS) is 11.1. The molecule has 4 aromatic carbocycles. The Labute approximate surface area is 365 Å². The van der Waals surface area contributed by atoms with Crippen LogP contribution in [0.15, 0.2) is 87.8 Å². The number of azide groups is 1. The molecule has 0 bridgehead atoms. The summed E-state index contributed by atoms with van der Waals surface area (Å²) in [5, 5.41) is 23.7. The average molecular weight is 825 g/mol. The fourth-order valence-corrected chi connectivity index (χ4v) is 7.32. The molecule has 282 valence electrons. The third-order valence-electron chi connectivity index (χ3n) is 7.85. The summed E-state index contributed by atoms with van der Waals surface area (Å²) in [5.74, 6) is -0.774. The maximum absolute atomic E-state index is 13.3. The van der Waals surface area contributed by atoms with Crippen molar-refractivity contribution in [2.24, 2.45) is 5.11 Å². The first-order chi connectivity index (χ1) is 25.8. The van der Waals surface area contributed by atoms with Crippen LogP contribution in [-0.4, -0.2) is 94.3 Å². The number of aromatic hydroxyl groups is 1. The maximum atomic E-state index is 13.3. The van der Waals surface area contributed by atoms with Gasteiger partial charge in [-0.3, -0.25) is 4.79 Å². The summed E-state index contributed by atoms with van der Waals surface area (Å²) in [4.78, 5) is 13.6. The number of phenols is 1. The predicted molar refractivity (Wildman–Crippen MR) is 191 cm³/mol. The van der Waals surface area contributed by atoms with Crippen LogP contribution in [0.3, 0.4) is 0 Å². The molecule has 22 heteroatoms. The summed E-state index contributed by atoms with van der Waals surface area (Å²) in [6.45, 7) is -0.0233. The number of methoxy groups -OCH3 is 2. The van der Waals surface area contributed by atoms with Crippen molar-refractivity contribution in [1.82, 2.24) is 10.2 Å². The molecule has 0 radical (unpaired) electrons. The van der Waals surface area contributed by atoms with Crippen LogP contribution >= 0.6 is 0 Å². The van der Waals surface area contributed by atoms with E-state index in [1.165, 1.54) is 38.6 Å². The molecule has 0 spiro atoms.